The van der Waals surface area contributed by atoms with E-state index in [9.17, 15) is 4.79 Å². The molecule has 0 aliphatic carbocycles. The first-order valence-electron chi connectivity index (χ1n) is 7.65. The Morgan fingerprint density at radius 3 is 2.62 bits per heavy atom. The van der Waals surface area contributed by atoms with Gasteiger partial charge in [0.15, 0.2) is 5.82 Å². The molecule has 0 spiro atoms. The van der Waals surface area contributed by atoms with Crippen LogP contribution in [0.1, 0.15) is 21.8 Å². The van der Waals surface area contributed by atoms with Crippen molar-refractivity contribution in [2.24, 2.45) is 0 Å². The molecule has 0 aliphatic rings. The van der Waals surface area contributed by atoms with E-state index in [1.165, 1.54) is 7.11 Å². The number of methoxy groups -OCH3 is 1. The largest absolute Gasteiger partial charge is 0.465 e. The first-order chi connectivity index (χ1) is 12.4. The van der Waals surface area contributed by atoms with Gasteiger partial charge in [-0.1, -0.05) is 16.8 Å². The highest BCUT2D eigenvalue weighted by Crippen LogP contribution is 2.27. The minimum absolute atomic E-state index is 0.348. The lowest BCUT2D eigenvalue weighted by Crippen LogP contribution is -2.04. The summed E-state index contributed by atoms with van der Waals surface area (Å²) in [6.45, 7) is 3.62. The molecule has 0 amide bonds. The second-order valence-corrected chi connectivity index (χ2v) is 5.88. The highest BCUT2D eigenvalue weighted by molar-refractivity contribution is 6.33. The molecular weight excluding hydrogens is 358 g/mol. The molecule has 3 aromatic rings. The van der Waals surface area contributed by atoms with Crippen LogP contribution in [-0.4, -0.2) is 28.2 Å². The molecule has 2 heterocycles. The number of carbonyl (C=O) groups excluding carboxylic acids is 1. The number of esters is 1. The predicted octanol–water partition coefficient (Wildman–Crippen LogP) is 4.01. The SMILES string of the molecule is COC(=O)c1ccc(Cl)c(Nc2cc(C)nc(Nc3cc(C)on3)n2)c1. The van der Waals surface area contributed by atoms with Gasteiger partial charge in [0.2, 0.25) is 5.95 Å². The monoisotopic (exact) mass is 373 g/mol. The van der Waals surface area contributed by atoms with Gasteiger partial charge in [0.05, 0.1) is 23.4 Å². The summed E-state index contributed by atoms with van der Waals surface area (Å²) in [6, 6.07) is 8.28. The number of aromatic nitrogens is 3. The molecule has 134 valence electrons. The number of hydrogen-bond donors (Lipinski definition) is 2. The minimum atomic E-state index is -0.452. The molecule has 0 bridgehead atoms. The zero-order chi connectivity index (χ0) is 18.7. The van der Waals surface area contributed by atoms with Crippen LogP contribution < -0.4 is 10.6 Å². The van der Waals surface area contributed by atoms with Gasteiger partial charge >= 0.3 is 5.97 Å². The van der Waals surface area contributed by atoms with Crippen molar-refractivity contribution >= 4 is 40.8 Å². The molecule has 0 saturated heterocycles. The summed E-state index contributed by atoms with van der Waals surface area (Å²) < 4.78 is 9.74. The third kappa shape index (κ3) is 4.09. The van der Waals surface area contributed by atoms with Crippen LogP contribution in [0, 0.1) is 13.8 Å². The maximum absolute atomic E-state index is 11.7. The Bertz CT molecular complexity index is 957. The number of anilines is 4. The molecule has 9 heteroatoms. The van der Waals surface area contributed by atoms with Gasteiger partial charge in [-0.3, -0.25) is 0 Å². The van der Waals surface area contributed by atoms with Crippen LogP contribution in [0.4, 0.5) is 23.3 Å². The fraction of sp³-hybridized carbons (Fsp3) is 0.176. The number of halogens is 1. The Morgan fingerprint density at radius 2 is 1.92 bits per heavy atom. The van der Waals surface area contributed by atoms with Crippen LogP contribution in [0.2, 0.25) is 5.02 Å². The van der Waals surface area contributed by atoms with E-state index in [2.05, 4.69) is 25.8 Å². The molecule has 3 rings (SSSR count). The molecule has 2 N–H and O–H groups in total. The normalized spacial score (nSPS) is 10.5. The number of aryl methyl sites for hydroxylation is 2. The molecular formula is C17H16ClN5O3. The topological polar surface area (TPSA) is 102 Å². The number of nitrogens with one attached hydrogen (secondary N) is 2. The van der Waals surface area contributed by atoms with E-state index in [0.29, 0.717) is 39.6 Å². The van der Waals surface area contributed by atoms with Crippen molar-refractivity contribution in [2.45, 2.75) is 13.8 Å². The molecule has 1 aromatic carbocycles. The molecule has 2 aromatic heterocycles. The molecule has 26 heavy (non-hydrogen) atoms. The van der Waals surface area contributed by atoms with Crippen molar-refractivity contribution in [2.75, 3.05) is 17.7 Å². The summed E-state index contributed by atoms with van der Waals surface area (Å²) in [5.41, 5.74) is 1.63. The van der Waals surface area contributed by atoms with Crippen LogP contribution in [0.15, 0.2) is 34.9 Å². The average molecular weight is 374 g/mol. The van der Waals surface area contributed by atoms with Crippen molar-refractivity contribution in [3.63, 3.8) is 0 Å². The van der Waals surface area contributed by atoms with Crippen LogP contribution in [0.3, 0.4) is 0 Å². The maximum Gasteiger partial charge on any atom is 0.337 e. The fourth-order valence-corrected chi connectivity index (χ4v) is 2.40. The van der Waals surface area contributed by atoms with Gasteiger partial charge in [-0.25, -0.2) is 9.78 Å². The van der Waals surface area contributed by atoms with Crippen LogP contribution in [-0.2, 0) is 4.74 Å². The van der Waals surface area contributed by atoms with E-state index in [4.69, 9.17) is 20.9 Å². The van der Waals surface area contributed by atoms with Crippen LogP contribution >= 0.6 is 11.6 Å². The van der Waals surface area contributed by atoms with Gasteiger partial charge in [0.25, 0.3) is 0 Å². The van der Waals surface area contributed by atoms with E-state index >= 15 is 0 Å². The summed E-state index contributed by atoms with van der Waals surface area (Å²) in [4.78, 5) is 20.4. The first-order valence-corrected chi connectivity index (χ1v) is 8.03. The van der Waals surface area contributed by atoms with Gasteiger partial charge in [-0.05, 0) is 32.0 Å². The van der Waals surface area contributed by atoms with Gasteiger partial charge in [0.1, 0.15) is 11.6 Å². The molecule has 0 aliphatic heterocycles. The quantitative estimate of drug-likeness (QED) is 0.647. The van der Waals surface area contributed by atoms with E-state index in [1.807, 2.05) is 6.92 Å². The van der Waals surface area contributed by atoms with Gasteiger partial charge in [-0.2, -0.15) is 4.98 Å². The van der Waals surface area contributed by atoms with E-state index in [1.54, 1.807) is 37.3 Å². The Labute approximate surface area is 154 Å². The number of rotatable bonds is 5. The highest BCUT2D eigenvalue weighted by Gasteiger charge is 2.11. The summed E-state index contributed by atoms with van der Waals surface area (Å²) >= 11 is 6.21. The summed E-state index contributed by atoms with van der Waals surface area (Å²) in [5.74, 6) is 1.58. The molecule has 8 nitrogen and oxygen atoms in total. The van der Waals surface area contributed by atoms with Gasteiger partial charge in [0, 0.05) is 17.8 Å². The first kappa shape index (κ1) is 17.7. The minimum Gasteiger partial charge on any atom is -0.465 e. The van der Waals surface area contributed by atoms with Gasteiger partial charge < -0.3 is 19.9 Å². The molecule has 0 fully saturated rings. The highest BCUT2D eigenvalue weighted by atomic mass is 35.5. The predicted molar refractivity (Wildman–Crippen MR) is 97.4 cm³/mol. The summed E-state index contributed by atoms with van der Waals surface area (Å²) in [6.07, 6.45) is 0. The third-order valence-electron chi connectivity index (χ3n) is 3.37. The number of carbonyl (C=O) groups is 1. The lowest BCUT2D eigenvalue weighted by atomic mass is 10.2. The Morgan fingerprint density at radius 1 is 1.12 bits per heavy atom. The second kappa shape index (κ2) is 7.40. The zero-order valence-electron chi connectivity index (χ0n) is 14.3. The number of ether oxygens (including phenoxy) is 1. The zero-order valence-corrected chi connectivity index (χ0v) is 15.1. The van der Waals surface area contributed by atoms with Crippen molar-refractivity contribution in [3.8, 4) is 0 Å². The van der Waals surface area contributed by atoms with Crippen molar-refractivity contribution < 1.29 is 14.1 Å². The van der Waals surface area contributed by atoms with Crippen molar-refractivity contribution in [1.29, 1.82) is 0 Å². The van der Waals surface area contributed by atoms with Crippen molar-refractivity contribution in [1.82, 2.24) is 15.1 Å². The van der Waals surface area contributed by atoms with Crippen LogP contribution in [0.5, 0.6) is 0 Å². The number of nitrogens with zero attached hydrogens (tertiary/aromatic N) is 3. The Balaban J connectivity index is 1.87. The Hall–Kier alpha value is -3.13. The fourth-order valence-electron chi connectivity index (χ4n) is 2.23. The summed E-state index contributed by atoms with van der Waals surface area (Å²) in [7, 11) is 1.32. The summed E-state index contributed by atoms with van der Waals surface area (Å²) in [5, 5.41) is 10.4. The number of hydrogen-bond acceptors (Lipinski definition) is 8. The maximum atomic E-state index is 11.7. The standard InChI is InChI=1S/C17H16ClN5O3/c1-9-6-14(21-17(19-9)22-15-7-10(2)26-23-15)20-13-8-11(16(24)25-3)4-5-12(13)18/h4-8H,1-3H3,(H2,19,20,21,22,23). The number of benzene rings is 1. The van der Waals surface area contributed by atoms with E-state index < -0.39 is 5.97 Å². The van der Waals surface area contributed by atoms with Gasteiger partial charge in [-0.15, -0.1) is 0 Å². The molecule has 0 unspecified atom stereocenters. The van der Waals surface area contributed by atoms with Crippen molar-refractivity contribution in [3.05, 3.63) is 52.4 Å². The third-order valence-corrected chi connectivity index (χ3v) is 3.70. The van der Waals surface area contributed by atoms with Crippen LogP contribution in [0.25, 0.3) is 0 Å². The van der Waals surface area contributed by atoms with E-state index in [0.717, 1.165) is 5.69 Å². The lowest BCUT2D eigenvalue weighted by molar-refractivity contribution is 0.0601. The lowest BCUT2D eigenvalue weighted by Gasteiger charge is -2.11. The Kier molecular flexibility index (Phi) is 5.04. The average Bonchev–Trinajstić information content (AvgIpc) is 3.00. The smallest absolute Gasteiger partial charge is 0.337 e. The molecule has 0 atom stereocenters. The van der Waals surface area contributed by atoms with E-state index in [-0.39, 0.29) is 0 Å². The molecule has 0 radical (unpaired) electrons. The molecule has 0 saturated carbocycles. The second-order valence-electron chi connectivity index (χ2n) is 5.48.